The molecule has 0 fully saturated rings. The van der Waals surface area contributed by atoms with Crippen LogP contribution in [0.2, 0.25) is 0 Å². The van der Waals surface area contributed by atoms with Gasteiger partial charge in [-0.25, -0.2) is 0 Å². The number of nitrogens with one attached hydrogen (secondary N) is 1. The molecular formula is C13H19NO2. The fraction of sp³-hybridized carbons (Fsp3) is 0.538. The van der Waals surface area contributed by atoms with E-state index in [1.54, 1.807) is 0 Å². The Labute approximate surface area is 96.8 Å². The third-order valence-corrected chi connectivity index (χ3v) is 2.96. The summed E-state index contributed by atoms with van der Waals surface area (Å²) in [7, 11) is 1.98. The summed E-state index contributed by atoms with van der Waals surface area (Å²) >= 11 is 0. The second-order valence-electron chi connectivity index (χ2n) is 4.20. The molecule has 1 heterocycles. The third kappa shape index (κ3) is 2.47. The normalized spacial score (nSPS) is 15.9. The van der Waals surface area contributed by atoms with E-state index in [0.29, 0.717) is 19.1 Å². The standard InChI is InChI=1S/C13H19NO2/c1-10(5-6-14-2)11-3-4-12-13(9-11)16-8-7-15-12/h3-4,9-10,14H,5-8H2,1-2H3. The molecule has 1 atom stereocenters. The topological polar surface area (TPSA) is 30.5 Å². The van der Waals surface area contributed by atoms with Gasteiger partial charge in [-0.15, -0.1) is 0 Å². The molecule has 1 aliphatic rings. The zero-order chi connectivity index (χ0) is 11.4. The van der Waals surface area contributed by atoms with Gasteiger partial charge in [0.05, 0.1) is 0 Å². The first kappa shape index (κ1) is 11.3. The van der Waals surface area contributed by atoms with Crippen LogP contribution in [0.4, 0.5) is 0 Å². The number of hydrogen-bond acceptors (Lipinski definition) is 3. The van der Waals surface area contributed by atoms with Crippen molar-refractivity contribution < 1.29 is 9.47 Å². The molecule has 3 nitrogen and oxygen atoms in total. The lowest BCUT2D eigenvalue weighted by Crippen LogP contribution is -2.16. The van der Waals surface area contributed by atoms with Crippen molar-refractivity contribution in [1.82, 2.24) is 5.32 Å². The number of fused-ring (bicyclic) bond motifs is 1. The lowest BCUT2D eigenvalue weighted by Gasteiger charge is -2.20. The van der Waals surface area contributed by atoms with E-state index in [9.17, 15) is 0 Å². The summed E-state index contributed by atoms with van der Waals surface area (Å²) in [4.78, 5) is 0. The monoisotopic (exact) mass is 221 g/mol. The van der Waals surface area contributed by atoms with Gasteiger partial charge in [0.15, 0.2) is 11.5 Å². The summed E-state index contributed by atoms with van der Waals surface area (Å²) in [5, 5.41) is 3.17. The van der Waals surface area contributed by atoms with E-state index < -0.39 is 0 Å². The summed E-state index contributed by atoms with van der Waals surface area (Å²) in [5.41, 5.74) is 1.32. The van der Waals surface area contributed by atoms with Gasteiger partial charge >= 0.3 is 0 Å². The molecule has 88 valence electrons. The highest BCUT2D eigenvalue weighted by Gasteiger charge is 2.13. The van der Waals surface area contributed by atoms with Gasteiger partial charge in [0.1, 0.15) is 13.2 Å². The highest BCUT2D eigenvalue weighted by Crippen LogP contribution is 2.33. The average molecular weight is 221 g/mol. The molecule has 0 aromatic heterocycles. The fourth-order valence-corrected chi connectivity index (χ4v) is 1.89. The van der Waals surface area contributed by atoms with Gasteiger partial charge in [0.25, 0.3) is 0 Å². The van der Waals surface area contributed by atoms with Crippen molar-refractivity contribution in [2.45, 2.75) is 19.3 Å². The molecule has 0 aliphatic carbocycles. The first-order chi connectivity index (χ1) is 7.81. The molecule has 0 bridgehead atoms. The summed E-state index contributed by atoms with van der Waals surface area (Å²) in [6, 6.07) is 6.25. The van der Waals surface area contributed by atoms with E-state index >= 15 is 0 Å². The zero-order valence-corrected chi connectivity index (χ0v) is 9.95. The van der Waals surface area contributed by atoms with Gasteiger partial charge in [0, 0.05) is 0 Å². The van der Waals surface area contributed by atoms with E-state index in [0.717, 1.165) is 24.5 Å². The van der Waals surface area contributed by atoms with Crippen LogP contribution in [0.15, 0.2) is 18.2 Å². The Bertz CT molecular complexity index is 352. The van der Waals surface area contributed by atoms with Crippen molar-refractivity contribution in [2.75, 3.05) is 26.8 Å². The number of benzene rings is 1. The maximum atomic E-state index is 5.58. The predicted octanol–water partition coefficient (Wildman–Crippen LogP) is 2.17. The second kappa shape index (κ2) is 5.21. The minimum atomic E-state index is 0.545. The molecular weight excluding hydrogens is 202 g/mol. The van der Waals surface area contributed by atoms with Gasteiger partial charge in [-0.2, -0.15) is 0 Å². The minimum Gasteiger partial charge on any atom is -0.486 e. The van der Waals surface area contributed by atoms with Crippen molar-refractivity contribution >= 4 is 0 Å². The molecule has 1 aromatic carbocycles. The van der Waals surface area contributed by atoms with Gasteiger partial charge in [0.2, 0.25) is 0 Å². The second-order valence-corrected chi connectivity index (χ2v) is 4.20. The molecule has 0 spiro atoms. The molecule has 1 aromatic rings. The van der Waals surface area contributed by atoms with E-state index in [1.165, 1.54) is 5.56 Å². The van der Waals surface area contributed by atoms with Gasteiger partial charge in [-0.3, -0.25) is 0 Å². The molecule has 1 unspecified atom stereocenters. The molecule has 0 amide bonds. The van der Waals surface area contributed by atoms with E-state index in [-0.39, 0.29) is 0 Å². The van der Waals surface area contributed by atoms with Gasteiger partial charge < -0.3 is 14.8 Å². The Hall–Kier alpha value is -1.22. The predicted molar refractivity (Wildman–Crippen MR) is 64.4 cm³/mol. The number of rotatable bonds is 4. The van der Waals surface area contributed by atoms with Crippen LogP contribution in [0.1, 0.15) is 24.8 Å². The Balaban J connectivity index is 2.10. The highest BCUT2D eigenvalue weighted by atomic mass is 16.6. The third-order valence-electron chi connectivity index (χ3n) is 2.96. The Morgan fingerprint density at radius 1 is 1.25 bits per heavy atom. The SMILES string of the molecule is CNCCC(C)c1ccc2c(c1)OCCO2. The highest BCUT2D eigenvalue weighted by molar-refractivity contribution is 5.44. The van der Waals surface area contributed by atoms with E-state index in [1.807, 2.05) is 13.1 Å². The summed E-state index contributed by atoms with van der Waals surface area (Å²) < 4.78 is 11.1. The molecule has 0 saturated carbocycles. The van der Waals surface area contributed by atoms with Crippen LogP contribution in [0.5, 0.6) is 11.5 Å². The van der Waals surface area contributed by atoms with Crippen LogP contribution in [-0.2, 0) is 0 Å². The lowest BCUT2D eigenvalue weighted by atomic mass is 9.97. The lowest BCUT2D eigenvalue weighted by molar-refractivity contribution is 0.171. The van der Waals surface area contributed by atoms with E-state index in [2.05, 4.69) is 24.4 Å². The summed E-state index contributed by atoms with van der Waals surface area (Å²) in [5.74, 6) is 2.30. The quantitative estimate of drug-likeness (QED) is 0.845. The van der Waals surface area contributed by atoms with Gasteiger partial charge in [-0.05, 0) is 43.6 Å². The fourth-order valence-electron chi connectivity index (χ4n) is 1.89. The Morgan fingerprint density at radius 2 is 2.00 bits per heavy atom. The first-order valence-corrected chi connectivity index (χ1v) is 5.85. The van der Waals surface area contributed by atoms with Crippen molar-refractivity contribution in [3.05, 3.63) is 23.8 Å². The molecule has 2 rings (SSSR count). The minimum absolute atomic E-state index is 0.545. The van der Waals surface area contributed by atoms with Crippen molar-refractivity contribution in [1.29, 1.82) is 0 Å². The Morgan fingerprint density at radius 3 is 2.75 bits per heavy atom. The molecule has 0 radical (unpaired) electrons. The Kier molecular flexibility index (Phi) is 3.67. The first-order valence-electron chi connectivity index (χ1n) is 5.85. The maximum absolute atomic E-state index is 5.58. The molecule has 1 N–H and O–H groups in total. The average Bonchev–Trinajstić information content (AvgIpc) is 2.35. The largest absolute Gasteiger partial charge is 0.486 e. The zero-order valence-electron chi connectivity index (χ0n) is 9.95. The summed E-state index contributed by atoms with van der Waals surface area (Å²) in [6.07, 6.45) is 1.14. The molecule has 1 aliphatic heterocycles. The number of hydrogen-bond donors (Lipinski definition) is 1. The van der Waals surface area contributed by atoms with Crippen molar-refractivity contribution in [3.8, 4) is 11.5 Å². The van der Waals surface area contributed by atoms with Crippen LogP contribution < -0.4 is 14.8 Å². The summed E-state index contributed by atoms with van der Waals surface area (Å²) in [6.45, 7) is 4.58. The van der Waals surface area contributed by atoms with Crippen LogP contribution in [-0.4, -0.2) is 26.8 Å². The maximum Gasteiger partial charge on any atom is 0.161 e. The smallest absolute Gasteiger partial charge is 0.161 e. The molecule has 0 saturated heterocycles. The molecule has 16 heavy (non-hydrogen) atoms. The van der Waals surface area contributed by atoms with Crippen LogP contribution in [0.3, 0.4) is 0 Å². The van der Waals surface area contributed by atoms with E-state index in [4.69, 9.17) is 9.47 Å². The van der Waals surface area contributed by atoms with Gasteiger partial charge in [-0.1, -0.05) is 13.0 Å². The van der Waals surface area contributed by atoms with Crippen molar-refractivity contribution in [2.24, 2.45) is 0 Å². The van der Waals surface area contributed by atoms with Crippen LogP contribution >= 0.6 is 0 Å². The number of ether oxygens (including phenoxy) is 2. The van der Waals surface area contributed by atoms with Crippen LogP contribution in [0.25, 0.3) is 0 Å². The molecule has 3 heteroatoms. The van der Waals surface area contributed by atoms with Crippen molar-refractivity contribution in [3.63, 3.8) is 0 Å². The van der Waals surface area contributed by atoms with Crippen LogP contribution in [0, 0.1) is 0 Å².